The molecule has 3 saturated heterocycles. The highest BCUT2D eigenvalue weighted by Crippen LogP contribution is 2.41. The molecule has 105 heavy (non-hydrogen) atoms. The van der Waals surface area contributed by atoms with E-state index in [1.807, 2.05) is 93.9 Å². The summed E-state index contributed by atoms with van der Waals surface area (Å²) < 4.78 is 19.0. The third-order valence-electron chi connectivity index (χ3n) is 23.1. The lowest BCUT2D eigenvalue weighted by molar-refractivity contribution is 0.0677. The van der Waals surface area contributed by atoms with Crippen molar-refractivity contribution in [3.8, 4) is 51.0 Å². The van der Waals surface area contributed by atoms with Gasteiger partial charge in [0.25, 0.3) is 16.7 Å². The Hall–Kier alpha value is -9.84. The van der Waals surface area contributed by atoms with E-state index >= 15 is 14.4 Å². The van der Waals surface area contributed by atoms with Gasteiger partial charge in [-0.05, 0) is 205 Å². The number of aromatic carboxylic acids is 1. The summed E-state index contributed by atoms with van der Waals surface area (Å²) in [6.07, 6.45) is 11.7. The van der Waals surface area contributed by atoms with Gasteiger partial charge in [-0.15, -0.1) is 0 Å². The number of aromatic nitrogens is 6. The van der Waals surface area contributed by atoms with Gasteiger partial charge in [-0.2, -0.15) is 0 Å². The number of carbonyl (C=O) groups excluding carboxylic acids is 2. The molecule has 9 heterocycles. The number of aryl methyl sites for hydroxylation is 3. The summed E-state index contributed by atoms with van der Waals surface area (Å²) in [5, 5.41) is 36.6. The number of hydrogen-bond acceptors (Lipinski definition) is 15. The van der Waals surface area contributed by atoms with E-state index < -0.39 is 68.5 Å². The van der Waals surface area contributed by atoms with Crippen LogP contribution >= 0.6 is 0 Å². The number of aromatic amines is 3. The number of nitrogens with zero attached hydrogens (tertiary/aromatic N) is 6. The van der Waals surface area contributed by atoms with Gasteiger partial charge < -0.3 is 64.3 Å². The second-order valence-corrected chi connectivity index (χ2v) is 29.8. The molecule has 10 aromatic rings. The molecule has 0 bridgehead atoms. The molecule has 2 saturated carbocycles. The molecule has 0 radical (unpaired) electrons. The van der Waals surface area contributed by atoms with E-state index in [0.717, 1.165) is 166 Å². The van der Waals surface area contributed by atoms with Gasteiger partial charge in [-0.25, -0.2) is 14.4 Å². The van der Waals surface area contributed by atoms with E-state index in [2.05, 4.69) is 89.6 Å². The molecule has 4 aromatic carbocycles. The van der Waals surface area contributed by atoms with Gasteiger partial charge in [0, 0.05) is 157 Å². The SMILES string of the molecule is CCc1c(-c2ccc3c(c2)cc(CN2CCC[C@H]2CNc2ccccc2)n3C)[nH]c(=O)c(C(=O)Oc2c(CC)c(-c3ccc4c(c3)cc(CN(CC3CC3)C3CCCNC3)n4C)[nH]c(=O)c2C(=O)Oc2c(CC)c(-c3ccc4c(c3)cc(CN(CC3CC3)C3CCNCC3)n4C)[nH]c(=O)c2C(=O)O)c1O. The number of carbonyl (C=O) groups is 3. The molecular weight excluding hydrogens is 1320 g/mol. The number of nitrogens with one attached hydrogen (secondary N) is 6. The van der Waals surface area contributed by atoms with E-state index in [4.69, 9.17) is 9.47 Å². The fraction of sp³-hybridized carbons (Fsp3) is 0.422. The Balaban J connectivity index is 0.786. The monoisotopic (exact) mass is 1420 g/mol. The van der Waals surface area contributed by atoms with Crippen LogP contribution in [-0.4, -0.2) is 142 Å². The van der Waals surface area contributed by atoms with Crippen LogP contribution in [0.3, 0.4) is 0 Å². The Bertz CT molecular complexity index is 5180. The summed E-state index contributed by atoms with van der Waals surface area (Å²) in [4.78, 5) is 105. The van der Waals surface area contributed by atoms with Crippen molar-refractivity contribution in [3.05, 3.63) is 185 Å². The summed E-state index contributed by atoms with van der Waals surface area (Å²) in [6, 6.07) is 35.1. The molecule has 22 heteroatoms. The Labute approximate surface area is 609 Å². The van der Waals surface area contributed by atoms with Crippen molar-refractivity contribution in [3.63, 3.8) is 0 Å². The highest BCUT2D eigenvalue weighted by molar-refractivity contribution is 6.02. The first-order valence-corrected chi connectivity index (χ1v) is 37.9. The molecule has 22 nitrogen and oxygen atoms in total. The number of anilines is 1. The molecule has 15 rings (SSSR count). The molecule has 0 amide bonds. The van der Waals surface area contributed by atoms with E-state index in [0.29, 0.717) is 52.3 Å². The standard InChI is InChI=1S/C83H96N12O10/c1-7-63-72(50-23-26-66-53(35-50)38-60(90(66)4)45-93-34-14-18-59(93)42-86-56-15-11-10-12-16-56)87-78(97)69(75(63)96)82(102)105-77-65(9-3)74(52-25-28-68-55(37-52)40-62(92(68)6)47-95(44-49-21-22-49)58-17-13-31-85-41-58)89-80(99)71(77)83(103)104-76-64(8-2)73(88-79(98)70(76)81(100)101)51-24-27-67-54(36-51)39-61(91(67)5)46-94(43-48-19-20-48)57-29-32-84-33-30-57/h10-12,15-16,23-28,35-40,48-49,57-59,84-86H,7-9,13-14,17-22,29-34,41-47H2,1-6H3,(H,88,98)(H,89,99)(H,100,101)(H2,87,96,97)/t58?,59-/m0/s1. The highest BCUT2D eigenvalue weighted by Gasteiger charge is 2.37. The van der Waals surface area contributed by atoms with Gasteiger partial charge in [0.1, 0.15) is 5.75 Å². The van der Waals surface area contributed by atoms with Crippen molar-refractivity contribution in [2.45, 2.75) is 142 Å². The number of H-pyrrole nitrogens is 3. The lowest BCUT2D eigenvalue weighted by Crippen LogP contribution is -2.46. The number of para-hydroxylation sites is 1. The lowest BCUT2D eigenvalue weighted by Gasteiger charge is -2.35. The minimum absolute atomic E-state index is 0.0178. The maximum Gasteiger partial charge on any atom is 0.353 e. The second kappa shape index (κ2) is 30.0. The Morgan fingerprint density at radius 1 is 0.533 bits per heavy atom. The zero-order valence-corrected chi connectivity index (χ0v) is 61.0. The number of ether oxygens (including phenoxy) is 2. The van der Waals surface area contributed by atoms with Gasteiger partial charge >= 0.3 is 17.9 Å². The number of esters is 2. The Kier molecular flexibility index (Phi) is 20.2. The normalized spacial score (nSPS) is 17.4. The average molecular weight is 1420 g/mol. The largest absolute Gasteiger partial charge is 0.506 e. The van der Waals surface area contributed by atoms with Gasteiger partial charge in [0.15, 0.2) is 28.2 Å². The molecule has 3 aliphatic heterocycles. The van der Waals surface area contributed by atoms with Crippen molar-refractivity contribution < 1.29 is 34.1 Å². The number of carboxylic acids is 1. The first-order chi connectivity index (χ1) is 50.9. The summed E-state index contributed by atoms with van der Waals surface area (Å²) >= 11 is 0. The van der Waals surface area contributed by atoms with Crippen LogP contribution in [0.1, 0.15) is 150 Å². The number of piperidine rings is 2. The fourth-order valence-corrected chi connectivity index (χ4v) is 16.9. The minimum Gasteiger partial charge on any atom is -0.506 e. The average Bonchev–Trinajstić information content (AvgIpc) is 0.971. The van der Waals surface area contributed by atoms with Crippen molar-refractivity contribution >= 4 is 56.3 Å². The van der Waals surface area contributed by atoms with Crippen LogP contribution in [0.2, 0.25) is 0 Å². The first kappa shape index (κ1) is 70.8. The van der Waals surface area contributed by atoms with E-state index in [1.54, 1.807) is 20.8 Å². The molecular formula is C83H96N12O10. The van der Waals surface area contributed by atoms with Crippen LogP contribution in [-0.2, 0) is 60.0 Å². The quantitative estimate of drug-likeness (QED) is 0.0234. The van der Waals surface area contributed by atoms with E-state index in [1.165, 1.54) is 25.7 Å². The summed E-state index contributed by atoms with van der Waals surface area (Å²) in [6.45, 7) is 15.3. The van der Waals surface area contributed by atoms with Crippen molar-refractivity contribution in [1.82, 2.24) is 54.0 Å². The lowest BCUT2D eigenvalue weighted by atomic mass is 9.98. The molecule has 6 aromatic heterocycles. The molecule has 8 N–H and O–H groups in total. The molecule has 1 unspecified atom stereocenters. The second-order valence-electron chi connectivity index (χ2n) is 29.8. The number of carboxylic acid groups (broad SMARTS) is 1. The topological polar surface area (TPSA) is 269 Å². The van der Waals surface area contributed by atoms with Crippen LogP contribution in [0.15, 0.2) is 118 Å². The third-order valence-corrected chi connectivity index (χ3v) is 23.1. The number of likely N-dealkylation sites (tertiary alicyclic amines) is 1. The Morgan fingerprint density at radius 3 is 1.53 bits per heavy atom. The summed E-state index contributed by atoms with van der Waals surface area (Å²) in [5.41, 5.74) is 4.49. The molecule has 0 spiro atoms. The van der Waals surface area contributed by atoms with Gasteiger partial charge in [-0.1, -0.05) is 57.2 Å². The zero-order valence-electron chi connectivity index (χ0n) is 61.0. The van der Waals surface area contributed by atoms with Crippen molar-refractivity contribution in [1.29, 1.82) is 0 Å². The van der Waals surface area contributed by atoms with Gasteiger partial charge in [0.05, 0.1) is 17.1 Å². The van der Waals surface area contributed by atoms with Crippen LogP contribution in [0, 0.1) is 11.8 Å². The Morgan fingerprint density at radius 2 is 1.02 bits per heavy atom. The maximum absolute atomic E-state index is 15.5. The number of pyridine rings is 3. The molecule has 2 atom stereocenters. The molecule has 5 aliphatic rings. The smallest absolute Gasteiger partial charge is 0.353 e. The molecule has 548 valence electrons. The number of aromatic hydroxyl groups is 1. The zero-order chi connectivity index (χ0) is 72.9. The molecule has 5 fully saturated rings. The fourth-order valence-electron chi connectivity index (χ4n) is 16.9. The van der Waals surface area contributed by atoms with Crippen LogP contribution in [0.25, 0.3) is 66.5 Å². The van der Waals surface area contributed by atoms with Gasteiger partial charge in [0.2, 0.25) is 0 Å². The summed E-state index contributed by atoms with van der Waals surface area (Å²) in [5.74, 6) is -4.99. The highest BCUT2D eigenvalue weighted by atomic mass is 16.6. The first-order valence-electron chi connectivity index (χ1n) is 37.9. The predicted molar refractivity (Wildman–Crippen MR) is 410 cm³/mol. The van der Waals surface area contributed by atoms with Crippen LogP contribution < -0.4 is 42.1 Å². The van der Waals surface area contributed by atoms with Crippen LogP contribution in [0.4, 0.5) is 5.69 Å². The maximum atomic E-state index is 15.5. The van der Waals surface area contributed by atoms with E-state index in [-0.39, 0.29) is 47.3 Å². The number of rotatable bonds is 26. The number of benzene rings is 4. The van der Waals surface area contributed by atoms with Gasteiger partial charge in [-0.3, -0.25) is 29.1 Å². The number of hydrogen-bond donors (Lipinski definition) is 8. The van der Waals surface area contributed by atoms with Crippen molar-refractivity contribution in [2.75, 3.05) is 57.7 Å². The summed E-state index contributed by atoms with van der Waals surface area (Å²) in [7, 11) is 6.14. The molecule has 2 aliphatic carbocycles. The van der Waals surface area contributed by atoms with Crippen LogP contribution in [0.5, 0.6) is 17.2 Å². The van der Waals surface area contributed by atoms with E-state index in [9.17, 15) is 24.6 Å². The predicted octanol–water partition coefficient (Wildman–Crippen LogP) is 11.8. The third kappa shape index (κ3) is 14.3. The van der Waals surface area contributed by atoms with Crippen molar-refractivity contribution in [2.24, 2.45) is 33.0 Å². The number of fused-ring (bicyclic) bond motifs is 3. The minimum atomic E-state index is -1.70.